The van der Waals surface area contributed by atoms with E-state index in [2.05, 4.69) is 59.7 Å². The van der Waals surface area contributed by atoms with Gasteiger partial charge in [0.25, 0.3) is 0 Å². The summed E-state index contributed by atoms with van der Waals surface area (Å²) in [6.07, 6.45) is 3.86. The number of unbranched alkanes of at least 4 members (excludes halogenated alkanes) is 1. The van der Waals surface area contributed by atoms with Gasteiger partial charge in [-0.3, -0.25) is 0 Å². The van der Waals surface area contributed by atoms with Crippen LogP contribution in [0.5, 0.6) is 5.75 Å². The van der Waals surface area contributed by atoms with Crippen molar-refractivity contribution in [2.24, 2.45) is 0 Å². The molecular formula is C28H25N3OS. The van der Waals surface area contributed by atoms with Crippen molar-refractivity contribution in [3.63, 3.8) is 0 Å². The highest BCUT2D eigenvalue weighted by atomic mass is 32.1. The number of nitrogens with one attached hydrogen (secondary N) is 1. The number of allylic oxidation sites excluding steroid dienone is 1. The van der Waals surface area contributed by atoms with Crippen LogP contribution < -0.4 is 10.1 Å². The molecule has 4 nitrogen and oxygen atoms in total. The molecule has 0 aliphatic carbocycles. The van der Waals surface area contributed by atoms with Crippen LogP contribution in [0.1, 0.15) is 24.8 Å². The number of ether oxygens (including phenoxy) is 1. The zero-order chi connectivity index (χ0) is 22.9. The SMILES string of the molecule is CCCCOc1ccc(NC=C(C#N)c2nc(-c3ccc(-c4ccccc4)cc3)cs2)cc1. The average Bonchev–Trinajstić information content (AvgIpc) is 3.36. The summed E-state index contributed by atoms with van der Waals surface area (Å²) in [6.45, 7) is 2.87. The van der Waals surface area contributed by atoms with Gasteiger partial charge < -0.3 is 10.1 Å². The van der Waals surface area contributed by atoms with Gasteiger partial charge in [-0.1, -0.05) is 67.9 Å². The molecule has 1 N–H and O–H groups in total. The molecule has 0 aliphatic rings. The summed E-state index contributed by atoms with van der Waals surface area (Å²) in [5.74, 6) is 0.848. The molecule has 4 aromatic rings. The predicted octanol–water partition coefficient (Wildman–Crippen LogP) is 7.63. The van der Waals surface area contributed by atoms with Crippen LogP contribution in [0.2, 0.25) is 0 Å². The van der Waals surface area contributed by atoms with Gasteiger partial charge in [0.1, 0.15) is 22.4 Å². The van der Waals surface area contributed by atoms with Gasteiger partial charge in [-0.2, -0.15) is 5.26 Å². The zero-order valence-electron chi connectivity index (χ0n) is 18.5. The van der Waals surface area contributed by atoms with Crippen molar-refractivity contribution in [2.75, 3.05) is 11.9 Å². The Morgan fingerprint density at radius 2 is 1.67 bits per heavy atom. The number of nitrogens with zero attached hydrogens (tertiary/aromatic N) is 2. The molecule has 0 aliphatic heterocycles. The zero-order valence-corrected chi connectivity index (χ0v) is 19.3. The molecular weight excluding hydrogens is 426 g/mol. The Bertz CT molecular complexity index is 1240. The van der Waals surface area contributed by atoms with Crippen molar-refractivity contribution in [1.82, 2.24) is 4.98 Å². The second-order valence-electron chi connectivity index (χ2n) is 7.52. The lowest BCUT2D eigenvalue weighted by molar-refractivity contribution is 0.309. The smallest absolute Gasteiger partial charge is 0.136 e. The minimum Gasteiger partial charge on any atom is -0.494 e. The lowest BCUT2D eigenvalue weighted by Gasteiger charge is -2.06. The first-order valence-corrected chi connectivity index (χ1v) is 11.9. The molecule has 33 heavy (non-hydrogen) atoms. The Labute approximate surface area is 198 Å². The van der Waals surface area contributed by atoms with E-state index in [0.29, 0.717) is 10.6 Å². The lowest BCUT2D eigenvalue weighted by Crippen LogP contribution is -1.96. The number of hydrogen-bond donors (Lipinski definition) is 1. The topological polar surface area (TPSA) is 57.9 Å². The quantitative estimate of drug-likeness (QED) is 0.210. The summed E-state index contributed by atoms with van der Waals surface area (Å²) in [4.78, 5) is 4.69. The van der Waals surface area contributed by atoms with Crippen LogP contribution in [-0.2, 0) is 0 Å². The van der Waals surface area contributed by atoms with Crippen LogP contribution in [0.25, 0.3) is 28.0 Å². The molecule has 1 aromatic heterocycles. The van der Waals surface area contributed by atoms with E-state index in [9.17, 15) is 5.26 Å². The van der Waals surface area contributed by atoms with E-state index < -0.39 is 0 Å². The molecule has 0 unspecified atom stereocenters. The van der Waals surface area contributed by atoms with Gasteiger partial charge in [-0.25, -0.2) is 4.98 Å². The standard InChI is InChI=1S/C28H25N3OS/c1-2-3-17-32-26-15-13-25(14-16-26)30-19-24(18-29)28-31-27(20-33-28)23-11-9-22(10-12-23)21-7-5-4-6-8-21/h4-16,19-20,30H,2-3,17H2,1H3. The van der Waals surface area contributed by atoms with Crippen LogP contribution in [0, 0.1) is 11.3 Å². The Balaban J connectivity index is 1.43. The largest absolute Gasteiger partial charge is 0.494 e. The number of aromatic nitrogens is 1. The van der Waals surface area contributed by atoms with E-state index in [4.69, 9.17) is 4.74 Å². The molecule has 0 spiro atoms. The van der Waals surface area contributed by atoms with Gasteiger partial charge >= 0.3 is 0 Å². The van der Waals surface area contributed by atoms with Crippen molar-refractivity contribution in [3.8, 4) is 34.2 Å². The Morgan fingerprint density at radius 1 is 0.970 bits per heavy atom. The highest BCUT2D eigenvalue weighted by Gasteiger charge is 2.09. The predicted molar refractivity (Wildman–Crippen MR) is 137 cm³/mol. The first-order chi connectivity index (χ1) is 16.3. The van der Waals surface area contributed by atoms with Gasteiger partial charge in [0.2, 0.25) is 0 Å². The summed E-state index contributed by atoms with van der Waals surface area (Å²) < 4.78 is 5.69. The second kappa shape index (κ2) is 11.1. The molecule has 3 aromatic carbocycles. The van der Waals surface area contributed by atoms with Crippen molar-refractivity contribution in [1.29, 1.82) is 5.26 Å². The fraction of sp³-hybridized carbons (Fsp3) is 0.143. The Hall–Kier alpha value is -3.88. The van der Waals surface area contributed by atoms with Gasteiger partial charge in [-0.15, -0.1) is 11.3 Å². The van der Waals surface area contributed by atoms with E-state index in [1.807, 2.05) is 47.8 Å². The van der Waals surface area contributed by atoms with Crippen molar-refractivity contribution < 1.29 is 4.74 Å². The summed E-state index contributed by atoms with van der Waals surface area (Å²) in [5.41, 5.74) is 5.63. The van der Waals surface area contributed by atoms with Crippen molar-refractivity contribution in [3.05, 3.63) is 95.5 Å². The molecule has 4 rings (SSSR count). The second-order valence-corrected chi connectivity index (χ2v) is 8.38. The maximum atomic E-state index is 9.65. The average molecular weight is 452 g/mol. The molecule has 0 atom stereocenters. The van der Waals surface area contributed by atoms with Crippen molar-refractivity contribution in [2.45, 2.75) is 19.8 Å². The minimum absolute atomic E-state index is 0.496. The first kappa shape index (κ1) is 22.3. The fourth-order valence-corrected chi connectivity index (χ4v) is 4.07. The number of anilines is 1. The third-order valence-electron chi connectivity index (χ3n) is 5.15. The van der Waals surface area contributed by atoms with Crippen LogP contribution in [0.15, 0.2) is 90.4 Å². The normalized spacial score (nSPS) is 11.1. The Morgan fingerprint density at radius 3 is 2.36 bits per heavy atom. The molecule has 0 radical (unpaired) electrons. The fourth-order valence-electron chi connectivity index (χ4n) is 3.27. The van der Waals surface area contributed by atoms with Gasteiger partial charge in [0.15, 0.2) is 0 Å². The number of hydrogen-bond acceptors (Lipinski definition) is 5. The number of rotatable bonds is 9. The third kappa shape index (κ3) is 5.88. The molecule has 1 heterocycles. The molecule has 0 saturated heterocycles. The summed E-state index contributed by atoms with van der Waals surface area (Å²) in [7, 11) is 0. The maximum Gasteiger partial charge on any atom is 0.136 e. The monoisotopic (exact) mass is 451 g/mol. The van der Waals surface area contributed by atoms with Gasteiger partial charge in [-0.05, 0) is 41.8 Å². The van der Waals surface area contributed by atoms with Crippen LogP contribution in [0.3, 0.4) is 0 Å². The van der Waals surface area contributed by atoms with E-state index in [-0.39, 0.29) is 0 Å². The molecule has 0 amide bonds. The molecule has 0 saturated carbocycles. The van der Waals surface area contributed by atoms with Crippen molar-refractivity contribution >= 4 is 22.6 Å². The summed E-state index contributed by atoms with van der Waals surface area (Å²) in [5, 5.41) is 15.5. The minimum atomic E-state index is 0.496. The summed E-state index contributed by atoms with van der Waals surface area (Å²) in [6, 6.07) is 28.6. The number of benzene rings is 3. The van der Waals surface area contributed by atoms with E-state index in [0.717, 1.165) is 42.1 Å². The van der Waals surface area contributed by atoms with Crippen LogP contribution >= 0.6 is 11.3 Å². The van der Waals surface area contributed by atoms with E-state index in [1.165, 1.54) is 22.5 Å². The summed E-state index contributed by atoms with van der Waals surface area (Å²) >= 11 is 1.46. The van der Waals surface area contributed by atoms with Gasteiger partial charge in [0.05, 0.1) is 12.3 Å². The maximum absolute atomic E-state index is 9.65. The highest BCUT2D eigenvalue weighted by molar-refractivity contribution is 7.11. The third-order valence-corrected chi connectivity index (χ3v) is 6.02. The first-order valence-electron chi connectivity index (χ1n) is 11.0. The molecule has 0 bridgehead atoms. The van der Waals surface area contributed by atoms with Gasteiger partial charge in [0, 0.05) is 22.8 Å². The lowest BCUT2D eigenvalue weighted by atomic mass is 10.0. The molecule has 5 heteroatoms. The number of thiazole rings is 1. The Kier molecular flexibility index (Phi) is 7.52. The van der Waals surface area contributed by atoms with Crippen LogP contribution in [0.4, 0.5) is 5.69 Å². The van der Waals surface area contributed by atoms with Crippen LogP contribution in [-0.4, -0.2) is 11.6 Å². The molecule has 164 valence electrons. The molecule has 0 fully saturated rings. The van der Waals surface area contributed by atoms with E-state index in [1.54, 1.807) is 6.20 Å². The van der Waals surface area contributed by atoms with E-state index >= 15 is 0 Å². The number of nitriles is 1. The highest BCUT2D eigenvalue weighted by Crippen LogP contribution is 2.28.